The Labute approximate surface area is 82.1 Å². The monoisotopic (exact) mass is 191 g/mol. The summed E-state index contributed by atoms with van der Waals surface area (Å²) < 4.78 is 5.14. The van der Waals surface area contributed by atoms with Crippen LogP contribution in [0, 0.1) is 0 Å². The van der Waals surface area contributed by atoms with Crippen molar-refractivity contribution in [3.05, 3.63) is 18.2 Å². The van der Waals surface area contributed by atoms with E-state index in [0.29, 0.717) is 17.3 Å². The van der Waals surface area contributed by atoms with Gasteiger partial charge in [0.25, 0.3) is 0 Å². The number of aromatic nitrogens is 1. The van der Waals surface area contributed by atoms with Crippen LogP contribution in [0.25, 0.3) is 11.0 Å². The van der Waals surface area contributed by atoms with Crippen LogP contribution in [0.5, 0.6) is 0 Å². The molecule has 4 nitrogen and oxygen atoms in total. The third kappa shape index (κ3) is 1.39. The fraction of sp³-hybridized carbons (Fsp3) is 0.300. The van der Waals surface area contributed by atoms with Crippen molar-refractivity contribution in [3.63, 3.8) is 0 Å². The number of nitrogens with one attached hydrogen (secondary N) is 1. The number of nitrogen functional groups attached to an aromatic ring is 1. The standard InChI is InChI=1S/C10H13N3O/c1-6(2)12-10-7-4-3-5-8(11)9(7)14-13-10/h3-6H,11H2,1-2H3,(H,12,13). The molecule has 0 aliphatic rings. The number of benzene rings is 1. The van der Waals surface area contributed by atoms with Crippen molar-refractivity contribution < 1.29 is 4.52 Å². The zero-order valence-electron chi connectivity index (χ0n) is 8.24. The predicted molar refractivity (Wildman–Crippen MR) is 57.2 cm³/mol. The van der Waals surface area contributed by atoms with Gasteiger partial charge in [0.2, 0.25) is 0 Å². The zero-order chi connectivity index (χ0) is 10.1. The van der Waals surface area contributed by atoms with Crippen molar-refractivity contribution in [1.82, 2.24) is 5.16 Å². The molecule has 0 aliphatic carbocycles. The van der Waals surface area contributed by atoms with Crippen LogP contribution >= 0.6 is 0 Å². The molecule has 1 heterocycles. The van der Waals surface area contributed by atoms with E-state index in [0.717, 1.165) is 11.2 Å². The highest BCUT2D eigenvalue weighted by Gasteiger charge is 2.10. The molecular weight excluding hydrogens is 178 g/mol. The van der Waals surface area contributed by atoms with E-state index in [1.165, 1.54) is 0 Å². The molecule has 1 aromatic heterocycles. The second kappa shape index (κ2) is 3.21. The maximum atomic E-state index is 5.74. The van der Waals surface area contributed by atoms with Crippen molar-refractivity contribution in [2.75, 3.05) is 11.1 Å². The summed E-state index contributed by atoms with van der Waals surface area (Å²) in [6.45, 7) is 4.10. The Balaban J connectivity index is 2.52. The second-order valence-corrected chi connectivity index (χ2v) is 3.55. The van der Waals surface area contributed by atoms with Crippen LogP contribution < -0.4 is 11.1 Å². The highest BCUT2D eigenvalue weighted by molar-refractivity contribution is 5.95. The molecule has 2 rings (SSSR count). The molecule has 0 spiro atoms. The van der Waals surface area contributed by atoms with Crippen LogP contribution in [0.15, 0.2) is 22.7 Å². The molecule has 0 amide bonds. The lowest BCUT2D eigenvalue weighted by atomic mass is 10.2. The number of nitrogens with two attached hydrogens (primary N) is 1. The summed E-state index contributed by atoms with van der Waals surface area (Å²) in [7, 11) is 0. The predicted octanol–water partition coefficient (Wildman–Crippen LogP) is 2.23. The van der Waals surface area contributed by atoms with Crippen LogP contribution in [0.4, 0.5) is 11.5 Å². The summed E-state index contributed by atoms with van der Waals surface area (Å²) in [6.07, 6.45) is 0. The average molecular weight is 191 g/mol. The molecule has 0 aliphatic heterocycles. The van der Waals surface area contributed by atoms with Crippen molar-refractivity contribution in [3.8, 4) is 0 Å². The van der Waals surface area contributed by atoms with E-state index in [1.54, 1.807) is 6.07 Å². The summed E-state index contributed by atoms with van der Waals surface area (Å²) in [5, 5.41) is 8.05. The average Bonchev–Trinajstić information content (AvgIpc) is 2.49. The number of hydrogen-bond acceptors (Lipinski definition) is 4. The van der Waals surface area contributed by atoms with E-state index in [-0.39, 0.29) is 0 Å². The molecule has 3 N–H and O–H groups in total. The van der Waals surface area contributed by atoms with E-state index in [1.807, 2.05) is 26.0 Å². The SMILES string of the molecule is CC(C)Nc1noc2c(N)cccc12. The third-order valence-corrected chi connectivity index (χ3v) is 1.95. The topological polar surface area (TPSA) is 64.1 Å². The number of anilines is 2. The van der Waals surface area contributed by atoms with Crippen LogP contribution in [-0.2, 0) is 0 Å². The van der Waals surface area contributed by atoms with Crippen molar-refractivity contribution in [1.29, 1.82) is 0 Å². The molecule has 0 fully saturated rings. The lowest BCUT2D eigenvalue weighted by Crippen LogP contribution is -2.09. The number of rotatable bonds is 2. The van der Waals surface area contributed by atoms with Crippen LogP contribution in [0.3, 0.4) is 0 Å². The molecule has 0 bridgehead atoms. The zero-order valence-corrected chi connectivity index (χ0v) is 8.24. The van der Waals surface area contributed by atoms with Gasteiger partial charge in [0, 0.05) is 6.04 Å². The van der Waals surface area contributed by atoms with Gasteiger partial charge in [0.15, 0.2) is 11.4 Å². The van der Waals surface area contributed by atoms with Crippen LogP contribution in [0.1, 0.15) is 13.8 Å². The molecule has 0 unspecified atom stereocenters. The maximum Gasteiger partial charge on any atom is 0.191 e. The van der Waals surface area contributed by atoms with E-state index < -0.39 is 0 Å². The number of fused-ring (bicyclic) bond motifs is 1. The van der Waals surface area contributed by atoms with Gasteiger partial charge >= 0.3 is 0 Å². The van der Waals surface area contributed by atoms with Crippen LogP contribution in [-0.4, -0.2) is 11.2 Å². The lowest BCUT2D eigenvalue weighted by molar-refractivity contribution is 0.459. The van der Waals surface area contributed by atoms with Gasteiger partial charge in [0.05, 0.1) is 11.1 Å². The smallest absolute Gasteiger partial charge is 0.191 e. The van der Waals surface area contributed by atoms with Crippen molar-refractivity contribution in [2.45, 2.75) is 19.9 Å². The lowest BCUT2D eigenvalue weighted by Gasteiger charge is -2.05. The summed E-state index contributed by atoms with van der Waals surface area (Å²) in [5.74, 6) is 0.752. The van der Waals surface area contributed by atoms with E-state index in [9.17, 15) is 0 Å². The van der Waals surface area contributed by atoms with Gasteiger partial charge < -0.3 is 15.6 Å². The summed E-state index contributed by atoms with van der Waals surface area (Å²) in [4.78, 5) is 0. The first-order valence-corrected chi connectivity index (χ1v) is 4.59. The molecule has 14 heavy (non-hydrogen) atoms. The van der Waals surface area contributed by atoms with Gasteiger partial charge in [-0.05, 0) is 26.0 Å². The highest BCUT2D eigenvalue weighted by atomic mass is 16.5. The number of para-hydroxylation sites is 1. The maximum absolute atomic E-state index is 5.74. The molecule has 0 saturated carbocycles. The van der Waals surface area contributed by atoms with E-state index in [2.05, 4.69) is 10.5 Å². The first-order valence-electron chi connectivity index (χ1n) is 4.59. The number of hydrogen-bond donors (Lipinski definition) is 2. The van der Waals surface area contributed by atoms with Gasteiger partial charge in [-0.3, -0.25) is 0 Å². The minimum atomic E-state index is 0.324. The molecule has 74 valence electrons. The van der Waals surface area contributed by atoms with Gasteiger partial charge in [0.1, 0.15) is 0 Å². The van der Waals surface area contributed by atoms with Crippen molar-refractivity contribution >= 4 is 22.5 Å². The Morgan fingerprint density at radius 1 is 1.43 bits per heavy atom. The van der Waals surface area contributed by atoms with Crippen molar-refractivity contribution in [2.24, 2.45) is 0 Å². The molecular formula is C10H13N3O. The largest absolute Gasteiger partial charge is 0.396 e. The van der Waals surface area contributed by atoms with Gasteiger partial charge in [-0.1, -0.05) is 11.2 Å². The Hall–Kier alpha value is -1.71. The summed E-state index contributed by atoms with van der Waals surface area (Å²) in [5.41, 5.74) is 7.00. The first-order chi connectivity index (χ1) is 6.68. The molecule has 0 atom stereocenters. The summed E-state index contributed by atoms with van der Waals surface area (Å²) in [6, 6.07) is 5.95. The van der Waals surface area contributed by atoms with Gasteiger partial charge in [-0.2, -0.15) is 0 Å². The molecule has 2 aromatic rings. The Kier molecular flexibility index (Phi) is 2.04. The fourth-order valence-electron chi connectivity index (χ4n) is 1.36. The molecule has 1 aromatic carbocycles. The van der Waals surface area contributed by atoms with Crippen LogP contribution in [0.2, 0.25) is 0 Å². The quantitative estimate of drug-likeness (QED) is 0.714. The molecule has 0 radical (unpaired) electrons. The van der Waals surface area contributed by atoms with E-state index in [4.69, 9.17) is 10.3 Å². The Morgan fingerprint density at radius 3 is 2.93 bits per heavy atom. The highest BCUT2D eigenvalue weighted by Crippen LogP contribution is 2.27. The minimum absolute atomic E-state index is 0.324. The normalized spacial score (nSPS) is 11.1. The molecule has 4 heteroatoms. The van der Waals surface area contributed by atoms with Gasteiger partial charge in [-0.25, -0.2) is 0 Å². The van der Waals surface area contributed by atoms with E-state index >= 15 is 0 Å². The third-order valence-electron chi connectivity index (χ3n) is 1.95. The first kappa shape index (κ1) is 8.87. The Bertz CT molecular complexity index is 448. The summed E-state index contributed by atoms with van der Waals surface area (Å²) >= 11 is 0. The second-order valence-electron chi connectivity index (χ2n) is 3.55. The number of nitrogens with zero attached hydrogens (tertiary/aromatic N) is 1. The fourth-order valence-corrected chi connectivity index (χ4v) is 1.36. The molecule has 0 saturated heterocycles. The Morgan fingerprint density at radius 2 is 2.21 bits per heavy atom. The minimum Gasteiger partial charge on any atom is -0.396 e. The van der Waals surface area contributed by atoms with Gasteiger partial charge in [-0.15, -0.1) is 0 Å².